The van der Waals surface area contributed by atoms with Crippen LogP contribution < -0.4 is 0 Å². The van der Waals surface area contributed by atoms with Crippen LogP contribution in [0.3, 0.4) is 0 Å². The van der Waals surface area contributed by atoms with Gasteiger partial charge in [0.1, 0.15) is 5.78 Å². The van der Waals surface area contributed by atoms with Gasteiger partial charge in [-0.1, -0.05) is 66.7 Å². The quantitative estimate of drug-likeness (QED) is 0.531. The Bertz CT molecular complexity index is 702. The predicted molar refractivity (Wildman–Crippen MR) is 98.5 cm³/mol. The Morgan fingerprint density at radius 2 is 2.00 bits per heavy atom. The van der Waals surface area contributed by atoms with Gasteiger partial charge in [-0.3, -0.25) is 4.79 Å². The van der Waals surface area contributed by atoms with E-state index >= 15 is 0 Å². The average Bonchev–Trinajstić information content (AvgIpc) is 2.88. The number of carbonyl (C=O) groups excluding carboxylic acids is 1. The molecule has 0 bridgehead atoms. The lowest BCUT2D eigenvalue weighted by Crippen LogP contribution is -2.22. The van der Waals surface area contributed by atoms with Crippen molar-refractivity contribution >= 4 is 33.5 Å². The van der Waals surface area contributed by atoms with Crippen LogP contribution in [0.2, 0.25) is 0 Å². The first-order valence-electron chi connectivity index (χ1n) is 7.29. The van der Waals surface area contributed by atoms with Gasteiger partial charge in [-0.2, -0.15) is 0 Å². The molecule has 0 amide bonds. The van der Waals surface area contributed by atoms with Crippen molar-refractivity contribution in [2.75, 3.05) is 5.75 Å². The van der Waals surface area contributed by atoms with E-state index in [2.05, 4.69) is 32.6 Å². The monoisotopic (exact) mass is 393 g/mol. The topological polar surface area (TPSA) is 47.8 Å². The average molecular weight is 394 g/mol. The number of allylic oxidation sites excluding steroid dienone is 1. The third-order valence-electron chi connectivity index (χ3n) is 3.23. The van der Waals surface area contributed by atoms with Crippen molar-refractivity contribution in [1.29, 1.82) is 0 Å². The van der Waals surface area contributed by atoms with Gasteiger partial charge in [0.2, 0.25) is 5.16 Å². The van der Waals surface area contributed by atoms with E-state index in [0.717, 1.165) is 15.9 Å². The Kier molecular flexibility index (Phi) is 5.81. The highest BCUT2D eigenvalue weighted by atomic mass is 79.9. The molecule has 6 heteroatoms. The maximum absolute atomic E-state index is 12.1. The van der Waals surface area contributed by atoms with Crippen LogP contribution in [0.15, 0.2) is 46.5 Å². The molecule has 0 fully saturated rings. The predicted octanol–water partition coefficient (Wildman–Crippen LogP) is 4.60. The SMILES string of the molecule is C=CCn1nc(SCC(=O)C(C)(C)C)nc1-c1ccc(Br)cc1. The normalized spacial score (nSPS) is 11.5. The zero-order valence-corrected chi connectivity index (χ0v) is 15.9. The number of aromatic nitrogens is 3. The zero-order valence-electron chi connectivity index (χ0n) is 13.5. The van der Waals surface area contributed by atoms with Gasteiger partial charge in [-0.15, -0.1) is 11.7 Å². The molecule has 1 aromatic heterocycles. The van der Waals surface area contributed by atoms with Crippen LogP contribution in [0.4, 0.5) is 0 Å². The molecule has 0 aliphatic carbocycles. The lowest BCUT2D eigenvalue weighted by atomic mass is 9.92. The van der Waals surface area contributed by atoms with E-state index in [0.29, 0.717) is 17.5 Å². The number of hydrogen-bond donors (Lipinski definition) is 0. The first-order valence-corrected chi connectivity index (χ1v) is 9.07. The molecule has 0 spiro atoms. The number of carbonyl (C=O) groups is 1. The van der Waals surface area contributed by atoms with Crippen molar-refractivity contribution in [2.24, 2.45) is 5.41 Å². The van der Waals surface area contributed by atoms with Gasteiger partial charge < -0.3 is 0 Å². The van der Waals surface area contributed by atoms with Crippen molar-refractivity contribution < 1.29 is 4.79 Å². The van der Waals surface area contributed by atoms with E-state index in [-0.39, 0.29) is 11.2 Å². The molecule has 0 saturated heterocycles. The lowest BCUT2D eigenvalue weighted by Gasteiger charge is -2.15. The van der Waals surface area contributed by atoms with Gasteiger partial charge in [-0.05, 0) is 12.1 Å². The second kappa shape index (κ2) is 7.45. The number of nitrogens with zero attached hydrogens (tertiary/aromatic N) is 3. The van der Waals surface area contributed by atoms with Gasteiger partial charge in [-0.25, -0.2) is 9.67 Å². The highest BCUT2D eigenvalue weighted by molar-refractivity contribution is 9.10. The fraction of sp³-hybridized carbons (Fsp3) is 0.353. The maximum atomic E-state index is 12.1. The van der Waals surface area contributed by atoms with E-state index in [9.17, 15) is 4.79 Å². The molecule has 4 nitrogen and oxygen atoms in total. The molecule has 1 heterocycles. The minimum atomic E-state index is -0.342. The second-order valence-corrected chi connectivity index (χ2v) is 8.02. The third-order valence-corrected chi connectivity index (χ3v) is 4.59. The standard InChI is InChI=1S/C17H20BrN3OS/c1-5-10-21-15(12-6-8-13(18)9-7-12)19-16(20-21)23-11-14(22)17(2,3)4/h5-9H,1,10-11H2,2-4H3. The largest absolute Gasteiger partial charge is 0.298 e. The maximum Gasteiger partial charge on any atom is 0.209 e. The minimum Gasteiger partial charge on any atom is -0.298 e. The lowest BCUT2D eigenvalue weighted by molar-refractivity contribution is -0.123. The van der Waals surface area contributed by atoms with Crippen LogP contribution in [-0.2, 0) is 11.3 Å². The van der Waals surface area contributed by atoms with Gasteiger partial charge in [0, 0.05) is 15.5 Å². The van der Waals surface area contributed by atoms with E-state index in [1.165, 1.54) is 11.8 Å². The van der Waals surface area contributed by atoms with Gasteiger partial charge >= 0.3 is 0 Å². The number of Topliss-reactive ketones (excluding diaryl/α,β-unsaturated/α-hetero) is 1. The molecule has 122 valence electrons. The fourth-order valence-corrected chi connectivity index (χ4v) is 3.06. The summed E-state index contributed by atoms with van der Waals surface area (Å²) in [4.78, 5) is 16.6. The number of hydrogen-bond acceptors (Lipinski definition) is 4. The summed E-state index contributed by atoms with van der Waals surface area (Å²) in [5.41, 5.74) is 0.641. The van der Waals surface area contributed by atoms with Crippen LogP contribution in [-0.4, -0.2) is 26.3 Å². The molecule has 1 aromatic carbocycles. The number of benzene rings is 1. The van der Waals surface area contributed by atoms with Crippen LogP contribution >= 0.6 is 27.7 Å². The van der Waals surface area contributed by atoms with E-state index < -0.39 is 0 Å². The Morgan fingerprint density at radius 1 is 1.35 bits per heavy atom. The highest BCUT2D eigenvalue weighted by Gasteiger charge is 2.22. The molecule has 0 aliphatic rings. The Labute approximate surface area is 149 Å². The molecular formula is C17H20BrN3OS. The van der Waals surface area contributed by atoms with Crippen LogP contribution in [0.5, 0.6) is 0 Å². The number of thioether (sulfide) groups is 1. The number of halogens is 1. The summed E-state index contributed by atoms with van der Waals surface area (Å²) in [6.07, 6.45) is 1.78. The van der Waals surface area contributed by atoms with Crippen LogP contribution in [0.25, 0.3) is 11.4 Å². The summed E-state index contributed by atoms with van der Waals surface area (Å²) < 4.78 is 2.82. The molecule has 23 heavy (non-hydrogen) atoms. The smallest absolute Gasteiger partial charge is 0.209 e. The highest BCUT2D eigenvalue weighted by Crippen LogP contribution is 2.25. The number of rotatable bonds is 6. The molecule has 0 N–H and O–H groups in total. The fourth-order valence-electron chi connectivity index (χ4n) is 1.79. The zero-order chi connectivity index (χ0) is 17.0. The van der Waals surface area contributed by atoms with Crippen molar-refractivity contribution in [2.45, 2.75) is 32.5 Å². The van der Waals surface area contributed by atoms with Gasteiger partial charge in [0.05, 0.1) is 12.3 Å². The van der Waals surface area contributed by atoms with Crippen molar-refractivity contribution in [3.8, 4) is 11.4 Å². The van der Waals surface area contributed by atoms with Crippen LogP contribution in [0, 0.1) is 5.41 Å². The minimum absolute atomic E-state index is 0.188. The summed E-state index contributed by atoms with van der Waals surface area (Å²) in [5, 5.41) is 5.10. The summed E-state index contributed by atoms with van der Waals surface area (Å²) >= 11 is 4.81. The van der Waals surface area contributed by atoms with Crippen molar-refractivity contribution in [3.63, 3.8) is 0 Å². The van der Waals surface area contributed by atoms with Crippen molar-refractivity contribution in [1.82, 2.24) is 14.8 Å². The van der Waals surface area contributed by atoms with E-state index in [4.69, 9.17) is 0 Å². The summed E-state index contributed by atoms with van der Waals surface area (Å²) in [5.74, 6) is 1.34. The Morgan fingerprint density at radius 3 is 2.57 bits per heavy atom. The molecule has 0 radical (unpaired) electrons. The third kappa shape index (κ3) is 4.78. The second-order valence-electron chi connectivity index (χ2n) is 6.16. The first-order chi connectivity index (χ1) is 10.8. The number of ketones is 1. The molecule has 0 aliphatic heterocycles. The molecule has 2 aromatic rings. The Hall–Kier alpha value is -1.40. The molecule has 0 unspecified atom stereocenters. The molecule has 0 atom stereocenters. The molecule has 0 saturated carbocycles. The van der Waals surface area contributed by atoms with Gasteiger partial charge in [0.15, 0.2) is 5.82 Å². The van der Waals surface area contributed by atoms with E-state index in [1.807, 2.05) is 45.0 Å². The van der Waals surface area contributed by atoms with Crippen molar-refractivity contribution in [3.05, 3.63) is 41.4 Å². The van der Waals surface area contributed by atoms with Crippen LogP contribution in [0.1, 0.15) is 20.8 Å². The van der Waals surface area contributed by atoms with E-state index in [1.54, 1.807) is 10.8 Å². The first kappa shape index (κ1) is 17.9. The summed E-state index contributed by atoms with van der Waals surface area (Å²) in [6, 6.07) is 7.92. The molecular weight excluding hydrogens is 374 g/mol. The van der Waals surface area contributed by atoms with Gasteiger partial charge in [0.25, 0.3) is 0 Å². The Balaban J connectivity index is 2.23. The molecule has 2 rings (SSSR count). The summed E-state index contributed by atoms with van der Waals surface area (Å²) in [7, 11) is 0. The summed E-state index contributed by atoms with van der Waals surface area (Å²) in [6.45, 7) is 10.1.